The van der Waals surface area contributed by atoms with Crippen molar-refractivity contribution in [2.75, 3.05) is 7.11 Å². The summed E-state index contributed by atoms with van der Waals surface area (Å²) in [6.07, 6.45) is 0.917. The van der Waals surface area contributed by atoms with Crippen molar-refractivity contribution in [3.63, 3.8) is 0 Å². The molecule has 0 aliphatic rings. The highest BCUT2D eigenvalue weighted by molar-refractivity contribution is 5.95. The van der Waals surface area contributed by atoms with Gasteiger partial charge in [-0.25, -0.2) is 4.79 Å². The van der Waals surface area contributed by atoms with E-state index in [1.165, 1.54) is 7.11 Å². The summed E-state index contributed by atoms with van der Waals surface area (Å²) in [5.41, 5.74) is 4.81. The summed E-state index contributed by atoms with van der Waals surface area (Å²) in [4.78, 5) is 16.2. The summed E-state index contributed by atoms with van der Waals surface area (Å²) in [6, 6.07) is 5.75. The Kier molecular flexibility index (Phi) is 3.32. The van der Waals surface area contributed by atoms with E-state index < -0.39 is 0 Å². The number of benzene rings is 1. The first-order chi connectivity index (χ1) is 8.56. The minimum atomic E-state index is -0.308. The van der Waals surface area contributed by atoms with Crippen LogP contribution in [-0.4, -0.2) is 18.1 Å². The Balaban J connectivity index is 2.70. The molecule has 0 spiro atoms. The third-order valence-electron chi connectivity index (χ3n) is 3.16. The Morgan fingerprint density at radius 1 is 1.22 bits per heavy atom. The molecule has 3 heteroatoms. The van der Waals surface area contributed by atoms with Gasteiger partial charge in [0, 0.05) is 11.1 Å². The van der Waals surface area contributed by atoms with E-state index in [-0.39, 0.29) is 5.97 Å². The predicted molar refractivity (Wildman–Crippen MR) is 71.9 cm³/mol. The summed E-state index contributed by atoms with van der Waals surface area (Å²) < 4.78 is 4.76. The van der Waals surface area contributed by atoms with E-state index in [9.17, 15) is 4.79 Å². The zero-order chi connectivity index (χ0) is 13.3. The molecular formula is C15H17NO2. The summed E-state index contributed by atoms with van der Waals surface area (Å²) >= 11 is 0. The number of esters is 1. The summed E-state index contributed by atoms with van der Waals surface area (Å²) in [5, 5.41) is 0.991. The number of aryl methyl sites for hydroxylation is 3. The second-order valence-electron chi connectivity index (χ2n) is 4.46. The average molecular weight is 243 g/mol. The summed E-state index contributed by atoms with van der Waals surface area (Å²) in [7, 11) is 1.39. The van der Waals surface area contributed by atoms with Crippen LogP contribution in [0.2, 0.25) is 0 Å². The van der Waals surface area contributed by atoms with E-state index in [2.05, 4.69) is 18.0 Å². The highest BCUT2D eigenvalue weighted by atomic mass is 16.5. The molecule has 0 radical (unpaired) electrons. The van der Waals surface area contributed by atoms with E-state index in [4.69, 9.17) is 4.74 Å². The van der Waals surface area contributed by atoms with Gasteiger partial charge in [0.25, 0.3) is 0 Å². The van der Waals surface area contributed by atoms with Gasteiger partial charge >= 0.3 is 5.97 Å². The van der Waals surface area contributed by atoms with E-state index in [1.807, 2.05) is 26.0 Å². The first-order valence-electron chi connectivity index (χ1n) is 6.06. The fourth-order valence-corrected chi connectivity index (χ4v) is 2.20. The number of hydrogen-bond donors (Lipinski definition) is 0. The SMILES string of the molecule is CCc1nc2c(C)cc(C(=O)OC)cc2cc1C. The molecule has 3 nitrogen and oxygen atoms in total. The van der Waals surface area contributed by atoms with Gasteiger partial charge in [-0.1, -0.05) is 6.92 Å². The van der Waals surface area contributed by atoms with Gasteiger partial charge in [-0.3, -0.25) is 4.98 Å². The lowest BCUT2D eigenvalue weighted by Crippen LogP contribution is -2.03. The standard InChI is InChI=1S/C15H17NO2/c1-5-13-9(2)6-11-8-12(15(17)18-4)7-10(3)14(11)16-13/h6-8H,5H2,1-4H3. The van der Waals surface area contributed by atoms with Crippen molar-refractivity contribution in [1.82, 2.24) is 4.98 Å². The predicted octanol–water partition coefficient (Wildman–Crippen LogP) is 3.20. The van der Waals surface area contributed by atoms with Crippen molar-refractivity contribution in [2.45, 2.75) is 27.2 Å². The van der Waals surface area contributed by atoms with E-state index in [0.29, 0.717) is 5.56 Å². The third kappa shape index (κ3) is 2.08. The van der Waals surface area contributed by atoms with Crippen LogP contribution < -0.4 is 0 Å². The van der Waals surface area contributed by atoms with Gasteiger partial charge in [-0.05, 0) is 49.6 Å². The van der Waals surface area contributed by atoms with Crippen molar-refractivity contribution in [2.24, 2.45) is 0 Å². The molecule has 94 valence electrons. The Labute approximate surface area is 107 Å². The average Bonchev–Trinajstić information content (AvgIpc) is 2.36. The molecule has 18 heavy (non-hydrogen) atoms. The van der Waals surface area contributed by atoms with Crippen molar-refractivity contribution >= 4 is 16.9 Å². The Bertz CT molecular complexity index is 617. The number of pyridine rings is 1. The molecule has 0 atom stereocenters. The van der Waals surface area contributed by atoms with Gasteiger partial charge in [-0.2, -0.15) is 0 Å². The quantitative estimate of drug-likeness (QED) is 0.760. The van der Waals surface area contributed by atoms with Gasteiger partial charge in [-0.15, -0.1) is 0 Å². The maximum atomic E-state index is 11.6. The van der Waals surface area contributed by atoms with Crippen LogP contribution >= 0.6 is 0 Å². The number of fused-ring (bicyclic) bond motifs is 1. The van der Waals surface area contributed by atoms with Crippen molar-refractivity contribution in [1.29, 1.82) is 0 Å². The molecule has 0 bridgehead atoms. The molecule has 2 aromatic rings. The lowest BCUT2D eigenvalue weighted by atomic mass is 10.0. The van der Waals surface area contributed by atoms with Gasteiger partial charge in [0.2, 0.25) is 0 Å². The normalized spacial score (nSPS) is 10.7. The zero-order valence-corrected chi connectivity index (χ0v) is 11.2. The highest BCUT2D eigenvalue weighted by Crippen LogP contribution is 2.22. The maximum absolute atomic E-state index is 11.6. The number of nitrogens with zero attached hydrogens (tertiary/aromatic N) is 1. The van der Waals surface area contributed by atoms with Crippen LogP contribution in [0.25, 0.3) is 10.9 Å². The van der Waals surface area contributed by atoms with E-state index in [0.717, 1.165) is 34.1 Å². The Morgan fingerprint density at radius 3 is 2.56 bits per heavy atom. The molecule has 0 fully saturated rings. The van der Waals surface area contributed by atoms with Crippen molar-refractivity contribution in [3.05, 3.63) is 40.6 Å². The number of carbonyl (C=O) groups excluding carboxylic acids is 1. The van der Waals surface area contributed by atoms with Crippen LogP contribution in [0.5, 0.6) is 0 Å². The second-order valence-corrected chi connectivity index (χ2v) is 4.46. The molecule has 0 unspecified atom stereocenters. The van der Waals surface area contributed by atoms with Crippen LogP contribution in [0, 0.1) is 13.8 Å². The number of carbonyl (C=O) groups is 1. The van der Waals surface area contributed by atoms with Crippen LogP contribution in [0.15, 0.2) is 18.2 Å². The number of rotatable bonds is 2. The summed E-state index contributed by atoms with van der Waals surface area (Å²) in [6.45, 7) is 6.11. The van der Waals surface area contributed by atoms with Crippen LogP contribution in [0.1, 0.15) is 34.1 Å². The van der Waals surface area contributed by atoms with Gasteiger partial charge in [0.1, 0.15) is 0 Å². The molecular weight excluding hydrogens is 226 g/mol. The fraction of sp³-hybridized carbons (Fsp3) is 0.333. The van der Waals surface area contributed by atoms with Crippen molar-refractivity contribution in [3.8, 4) is 0 Å². The van der Waals surface area contributed by atoms with Crippen LogP contribution in [-0.2, 0) is 11.2 Å². The topological polar surface area (TPSA) is 39.2 Å². The number of hydrogen-bond acceptors (Lipinski definition) is 3. The van der Waals surface area contributed by atoms with E-state index >= 15 is 0 Å². The number of ether oxygens (including phenoxy) is 1. The third-order valence-corrected chi connectivity index (χ3v) is 3.16. The smallest absolute Gasteiger partial charge is 0.337 e. The minimum absolute atomic E-state index is 0.308. The molecule has 0 N–H and O–H groups in total. The lowest BCUT2D eigenvalue weighted by Gasteiger charge is -2.09. The molecule has 0 saturated heterocycles. The Hall–Kier alpha value is -1.90. The molecule has 1 aromatic carbocycles. The maximum Gasteiger partial charge on any atom is 0.337 e. The molecule has 0 aliphatic heterocycles. The molecule has 2 rings (SSSR count). The van der Waals surface area contributed by atoms with Crippen LogP contribution in [0.4, 0.5) is 0 Å². The molecule has 0 saturated carbocycles. The second kappa shape index (κ2) is 4.77. The van der Waals surface area contributed by atoms with Gasteiger partial charge in [0.15, 0.2) is 0 Å². The monoisotopic (exact) mass is 243 g/mol. The minimum Gasteiger partial charge on any atom is -0.465 e. The van der Waals surface area contributed by atoms with Crippen LogP contribution in [0.3, 0.4) is 0 Å². The molecule has 1 heterocycles. The largest absolute Gasteiger partial charge is 0.465 e. The van der Waals surface area contributed by atoms with E-state index in [1.54, 1.807) is 0 Å². The van der Waals surface area contributed by atoms with Gasteiger partial charge < -0.3 is 4.74 Å². The summed E-state index contributed by atoms with van der Waals surface area (Å²) in [5.74, 6) is -0.308. The molecule has 0 aliphatic carbocycles. The first-order valence-corrected chi connectivity index (χ1v) is 6.06. The number of aromatic nitrogens is 1. The van der Waals surface area contributed by atoms with Gasteiger partial charge in [0.05, 0.1) is 18.2 Å². The molecule has 1 aromatic heterocycles. The zero-order valence-electron chi connectivity index (χ0n) is 11.2. The Morgan fingerprint density at radius 2 is 1.94 bits per heavy atom. The van der Waals surface area contributed by atoms with Crippen molar-refractivity contribution < 1.29 is 9.53 Å². The number of methoxy groups -OCH3 is 1. The fourth-order valence-electron chi connectivity index (χ4n) is 2.20. The highest BCUT2D eigenvalue weighted by Gasteiger charge is 2.10. The molecule has 0 amide bonds. The lowest BCUT2D eigenvalue weighted by molar-refractivity contribution is 0.0601. The first kappa shape index (κ1) is 12.6.